The van der Waals surface area contributed by atoms with Crippen LogP contribution in [-0.2, 0) is 0 Å². The Morgan fingerprint density at radius 1 is 1.57 bits per heavy atom. The van der Waals surface area contributed by atoms with E-state index in [1.165, 1.54) is 19.4 Å². The number of nitrogens with zero attached hydrogens (tertiary/aromatic N) is 1. The van der Waals surface area contributed by atoms with Gasteiger partial charge < -0.3 is 5.73 Å². The second-order valence-electron chi connectivity index (χ2n) is 4.52. The number of hydrogen-bond acceptors (Lipinski definition) is 2. The Kier molecular flexibility index (Phi) is 4.32. The van der Waals surface area contributed by atoms with Gasteiger partial charge in [0, 0.05) is 6.04 Å². The molecule has 2 N–H and O–H groups in total. The molecule has 0 bridgehead atoms. The summed E-state index contributed by atoms with van der Waals surface area (Å²) in [6.45, 7) is 7.91. The molecule has 1 saturated heterocycles. The number of nitrogens with two attached hydrogens (primary N) is 1. The van der Waals surface area contributed by atoms with Gasteiger partial charge in [0.05, 0.1) is 11.0 Å². The first-order valence-corrected chi connectivity index (χ1v) is 6.03. The van der Waals surface area contributed by atoms with Crippen molar-refractivity contribution in [2.24, 2.45) is 11.7 Å². The summed E-state index contributed by atoms with van der Waals surface area (Å²) in [5, 5.41) is 0. The lowest BCUT2D eigenvalue weighted by atomic mass is 10.0. The molecule has 0 amide bonds. The molecule has 1 aliphatic heterocycles. The van der Waals surface area contributed by atoms with Crippen molar-refractivity contribution >= 4 is 17.2 Å². The SMILES string of the molecule is CCC(C(N)=S)N1CCCC1C(C)C. The summed E-state index contributed by atoms with van der Waals surface area (Å²) in [4.78, 5) is 3.17. The van der Waals surface area contributed by atoms with Gasteiger partial charge in [0.2, 0.25) is 0 Å². The fraction of sp³-hybridized carbons (Fsp3) is 0.909. The molecule has 0 saturated carbocycles. The molecule has 2 unspecified atom stereocenters. The van der Waals surface area contributed by atoms with E-state index in [-0.39, 0.29) is 0 Å². The van der Waals surface area contributed by atoms with Crippen molar-refractivity contribution < 1.29 is 0 Å². The molecular formula is C11H22N2S. The lowest BCUT2D eigenvalue weighted by molar-refractivity contribution is 0.178. The maximum Gasteiger partial charge on any atom is 0.0902 e. The summed E-state index contributed by atoms with van der Waals surface area (Å²) >= 11 is 5.13. The molecular weight excluding hydrogens is 192 g/mol. The predicted octanol–water partition coefficient (Wildman–Crippen LogP) is 2.17. The third kappa shape index (κ3) is 2.45. The molecule has 0 aromatic carbocycles. The Morgan fingerprint density at radius 2 is 2.21 bits per heavy atom. The summed E-state index contributed by atoms with van der Waals surface area (Å²) in [6, 6.07) is 1.00. The molecule has 1 fully saturated rings. The quantitative estimate of drug-likeness (QED) is 0.727. The van der Waals surface area contributed by atoms with Gasteiger partial charge in [-0.1, -0.05) is 33.0 Å². The van der Waals surface area contributed by atoms with Crippen LogP contribution >= 0.6 is 12.2 Å². The maximum absolute atomic E-state index is 5.78. The van der Waals surface area contributed by atoms with Crippen LogP contribution in [0, 0.1) is 5.92 Å². The van der Waals surface area contributed by atoms with E-state index in [4.69, 9.17) is 18.0 Å². The van der Waals surface area contributed by atoms with Crippen LogP contribution in [-0.4, -0.2) is 28.5 Å². The number of thiocarbonyl (C=S) groups is 1. The Hall–Kier alpha value is -0.150. The van der Waals surface area contributed by atoms with Gasteiger partial charge in [0.25, 0.3) is 0 Å². The van der Waals surface area contributed by atoms with E-state index in [1.807, 2.05) is 0 Å². The maximum atomic E-state index is 5.78. The minimum absolute atomic E-state index is 0.319. The van der Waals surface area contributed by atoms with Crippen molar-refractivity contribution in [1.29, 1.82) is 0 Å². The molecule has 0 aromatic heterocycles. The van der Waals surface area contributed by atoms with Crippen LogP contribution in [0.15, 0.2) is 0 Å². The molecule has 0 aromatic rings. The number of hydrogen-bond donors (Lipinski definition) is 1. The van der Waals surface area contributed by atoms with Gasteiger partial charge in [0.1, 0.15) is 0 Å². The molecule has 1 aliphatic rings. The Morgan fingerprint density at radius 3 is 2.64 bits per heavy atom. The summed E-state index contributed by atoms with van der Waals surface area (Å²) < 4.78 is 0. The van der Waals surface area contributed by atoms with Crippen molar-refractivity contribution in [1.82, 2.24) is 4.90 Å². The zero-order chi connectivity index (χ0) is 10.7. The van der Waals surface area contributed by atoms with Crippen molar-refractivity contribution in [3.8, 4) is 0 Å². The topological polar surface area (TPSA) is 29.3 Å². The van der Waals surface area contributed by atoms with Crippen LogP contribution < -0.4 is 5.73 Å². The molecule has 82 valence electrons. The van der Waals surface area contributed by atoms with Crippen LogP contribution in [0.2, 0.25) is 0 Å². The molecule has 1 rings (SSSR count). The van der Waals surface area contributed by atoms with Gasteiger partial charge >= 0.3 is 0 Å². The van der Waals surface area contributed by atoms with Crippen LogP contribution in [0.4, 0.5) is 0 Å². The van der Waals surface area contributed by atoms with E-state index >= 15 is 0 Å². The normalized spacial score (nSPS) is 25.6. The fourth-order valence-electron chi connectivity index (χ4n) is 2.52. The second kappa shape index (κ2) is 5.08. The predicted molar refractivity (Wildman–Crippen MR) is 65.4 cm³/mol. The number of rotatable bonds is 4. The van der Waals surface area contributed by atoms with Crippen molar-refractivity contribution in [2.45, 2.75) is 52.1 Å². The van der Waals surface area contributed by atoms with Gasteiger partial charge in [-0.15, -0.1) is 0 Å². The third-order valence-corrected chi connectivity index (χ3v) is 3.50. The molecule has 2 atom stereocenters. The summed E-state index contributed by atoms with van der Waals surface area (Å²) in [5.74, 6) is 0.709. The zero-order valence-corrected chi connectivity index (χ0v) is 10.3. The van der Waals surface area contributed by atoms with Gasteiger partial charge in [-0.3, -0.25) is 4.90 Å². The van der Waals surface area contributed by atoms with Crippen LogP contribution in [0.25, 0.3) is 0 Å². The molecule has 0 spiro atoms. The van der Waals surface area contributed by atoms with Crippen molar-refractivity contribution in [3.63, 3.8) is 0 Å². The monoisotopic (exact) mass is 214 g/mol. The van der Waals surface area contributed by atoms with E-state index in [0.717, 1.165) is 6.42 Å². The van der Waals surface area contributed by atoms with Gasteiger partial charge in [-0.05, 0) is 31.7 Å². The highest BCUT2D eigenvalue weighted by Gasteiger charge is 2.32. The second-order valence-corrected chi connectivity index (χ2v) is 4.99. The number of likely N-dealkylation sites (tertiary alicyclic amines) is 1. The largest absolute Gasteiger partial charge is 0.392 e. The minimum Gasteiger partial charge on any atom is -0.392 e. The van der Waals surface area contributed by atoms with Crippen LogP contribution in [0.3, 0.4) is 0 Å². The highest BCUT2D eigenvalue weighted by molar-refractivity contribution is 7.80. The van der Waals surface area contributed by atoms with Gasteiger partial charge in [-0.25, -0.2) is 0 Å². The molecule has 14 heavy (non-hydrogen) atoms. The van der Waals surface area contributed by atoms with Crippen molar-refractivity contribution in [2.75, 3.05) is 6.54 Å². The molecule has 1 heterocycles. The standard InChI is InChI=1S/C11H22N2S/c1-4-9(11(12)14)13-7-5-6-10(13)8(2)3/h8-10H,4-7H2,1-3H3,(H2,12,14). The molecule has 3 heteroatoms. The van der Waals surface area contributed by atoms with E-state index in [0.29, 0.717) is 23.0 Å². The third-order valence-electron chi connectivity index (χ3n) is 3.23. The van der Waals surface area contributed by atoms with Crippen LogP contribution in [0.1, 0.15) is 40.0 Å². The fourth-order valence-corrected chi connectivity index (χ4v) is 2.82. The summed E-state index contributed by atoms with van der Waals surface area (Å²) in [5.41, 5.74) is 5.78. The molecule has 0 aliphatic carbocycles. The lowest BCUT2D eigenvalue weighted by Crippen LogP contribution is -2.47. The van der Waals surface area contributed by atoms with Gasteiger partial charge in [-0.2, -0.15) is 0 Å². The average molecular weight is 214 g/mol. The minimum atomic E-state index is 0.319. The molecule has 2 nitrogen and oxygen atoms in total. The first kappa shape index (κ1) is 11.9. The first-order valence-electron chi connectivity index (χ1n) is 5.63. The average Bonchev–Trinajstić information content (AvgIpc) is 2.53. The van der Waals surface area contributed by atoms with Gasteiger partial charge in [0.15, 0.2) is 0 Å². The van der Waals surface area contributed by atoms with E-state index in [2.05, 4.69) is 25.7 Å². The zero-order valence-electron chi connectivity index (χ0n) is 9.49. The van der Waals surface area contributed by atoms with E-state index in [1.54, 1.807) is 0 Å². The highest BCUT2D eigenvalue weighted by atomic mass is 32.1. The van der Waals surface area contributed by atoms with E-state index in [9.17, 15) is 0 Å². The smallest absolute Gasteiger partial charge is 0.0902 e. The highest BCUT2D eigenvalue weighted by Crippen LogP contribution is 2.26. The Bertz CT molecular complexity index is 203. The first-order chi connectivity index (χ1) is 6.57. The Balaban J connectivity index is 2.69. The van der Waals surface area contributed by atoms with Crippen molar-refractivity contribution in [3.05, 3.63) is 0 Å². The summed E-state index contributed by atoms with van der Waals surface area (Å²) in [6.07, 6.45) is 3.64. The lowest BCUT2D eigenvalue weighted by Gasteiger charge is -2.33. The Labute approximate surface area is 92.8 Å². The summed E-state index contributed by atoms with van der Waals surface area (Å²) in [7, 11) is 0. The van der Waals surface area contributed by atoms with E-state index < -0.39 is 0 Å². The van der Waals surface area contributed by atoms with Crippen LogP contribution in [0.5, 0.6) is 0 Å². The molecule has 0 radical (unpaired) electrons.